The predicted octanol–water partition coefficient (Wildman–Crippen LogP) is 3.30. The maximum Gasteiger partial charge on any atom is 0.221 e. The average molecular weight is 478 g/mol. The number of carbonyl (C=O) groups excluding carboxylic acids is 1. The summed E-state index contributed by atoms with van der Waals surface area (Å²) in [5.74, 6) is 0.934. The smallest absolute Gasteiger partial charge is 0.221 e. The molecule has 25 heavy (non-hydrogen) atoms. The Balaban J connectivity index is 0.00000312. The Morgan fingerprint density at radius 3 is 2.76 bits per heavy atom. The quantitative estimate of drug-likeness (QED) is 0.305. The van der Waals surface area contributed by atoms with E-state index in [0.717, 1.165) is 38.3 Å². The van der Waals surface area contributed by atoms with Crippen LogP contribution in [0, 0.1) is 0 Å². The van der Waals surface area contributed by atoms with E-state index < -0.39 is 0 Å². The lowest BCUT2D eigenvalue weighted by molar-refractivity contribution is -0.121. The molecule has 0 aromatic carbocycles. The van der Waals surface area contributed by atoms with E-state index in [4.69, 9.17) is 0 Å². The number of nitrogens with one attached hydrogen (secondary N) is 3. The second kappa shape index (κ2) is 13.4. The molecule has 2 rings (SSSR count). The van der Waals surface area contributed by atoms with Gasteiger partial charge in [0.25, 0.3) is 0 Å². The normalized spacial score (nSPS) is 15.3. The van der Waals surface area contributed by atoms with Gasteiger partial charge in [0.05, 0.1) is 0 Å². The molecule has 1 aromatic rings. The van der Waals surface area contributed by atoms with Crippen LogP contribution in [0.25, 0.3) is 0 Å². The van der Waals surface area contributed by atoms with E-state index in [1.165, 1.54) is 24.1 Å². The minimum atomic E-state index is 0. The summed E-state index contributed by atoms with van der Waals surface area (Å²) < 4.78 is 0. The van der Waals surface area contributed by atoms with Gasteiger partial charge >= 0.3 is 0 Å². The Morgan fingerprint density at radius 2 is 2.08 bits per heavy atom. The van der Waals surface area contributed by atoms with E-state index in [0.29, 0.717) is 19.0 Å². The molecule has 1 heterocycles. The zero-order chi connectivity index (χ0) is 17.0. The van der Waals surface area contributed by atoms with Crippen molar-refractivity contribution in [1.29, 1.82) is 0 Å². The van der Waals surface area contributed by atoms with Gasteiger partial charge in [-0.2, -0.15) is 0 Å². The summed E-state index contributed by atoms with van der Waals surface area (Å²) in [6, 6.07) is 4.59. The van der Waals surface area contributed by atoms with Crippen molar-refractivity contribution >= 4 is 47.2 Å². The first-order valence-corrected chi connectivity index (χ1v) is 10.00. The maximum absolute atomic E-state index is 12.0. The molecule has 0 saturated heterocycles. The Morgan fingerprint density at radius 1 is 1.28 bits per heavy atom. The van der Waals surface area contributed by atoms with Crippen LogP contribution in [-0.4, -0.2) is 37.5 Å². The molecule has 1 aliphatic rings. The third kappa shape index (κ3) is 9.44. The predicted molar refractivity (Wildman–Crippen MR) is 117 cm³/mol. The summed E-state index contributed by atoms with van der Waals surface area (Å²) in [4.78, 5) is 17.9. The Bertz CT molecular complexity index is 501. The molecule has 0 aliphatic heterocycles. The fourth-order valence-electron chi connectivity index (χ4n) is 2.92. The van der Waals surface area contributed by atoms with Crippen LogP contribution in [0.2, 0.25) is 0 Å². The number of hydrogen-bond acceptors (Lipinski definition) is 3. The topological polar surface area (TPSA) is 65.5 Å². The lowest BCUT2D eigenvalue weighted by Gasteiger charge is -2.22. The van der Waals surface area contributed by atoms with Crippen LogP contribution in [0.4, 0.5) is 0 Å². The highest BCUT2D eigenvalue weighted by molar-refractivity contribution is 14.0. The summed E-state index contributed by atoms with van der Waals surface area (Å²) >= 11 is 1.76. The third-order valence-electron chi connectivity index (χ3n) is 4.17. The highest BCUT2D eigenvalue weighted by Gasteiger charge is 2.15. The Hall–Kier alpha value is -0.830. The van der Waals surface area contributed by atoms with Crippen molar-refractivity contribution in [2.45, 2.75) is 57.9 Å². The second-order valence-corrected chi connectivity index (χ2v) is 7.20. The van der Waals surface area contributed by atoms with Crippen LogP contribution in [0.5, 0.6) is 0 Å². The van der Waals surface area contributed by atoms with Gasteiger partial charge in [-0.15, -0.1) is 35.3 Å². The fourth-order valence-corrected chi connectivity index (χ4v) is 3.61. The summed E-state index contributed by atoms with van der Waals surface area (Å²) in [7, 11) is 0. The van der Waals surface area contributed by atoms with Crippen LogP contribution in [0.3, 0.4) is 0 Å². The minimum absolute atomic E-state index is 0. The number of nitrogens with zero attached hydrogens (tertiary/aromatic N) is 1. The molecule has 1 amide bonds. The molecule has 0 unspecified atom stereocenters. The van der Waals surface area contributed by atoms with E-state index in [9.17, 15) is 4.79 Å². The highest BCUT2D eigenvalue weighted by atomic mass is 127. The zero-order valence-electron chi connectivity index (χ0n) is 15.1. The van der Waals surface area contributed by atoms with E-state index in [2.05, 4.69) is 38.5 Å². The van der Waals surface area contributed by atoms with Gasteiger partial charge in [0.1, 0.15) is 0 Å². The molecule has 142 valence electrons. The van der Waals surface area contributed by atoms with Crippen molar-refractivity contribution in [3.05, 3.63) is 22.4 Å². The number of thiophene rings is 1. The standard InChI is InChI=1S/C18H30N4OS.HI/c1-2-19-18(20-12-10-16-9-6-14-24-16)21-13-11-17(23)22-15-7-4-3-5-8-15;/h6,9,14-15H,2-5,7-8,10-13H2,1H3,(H,22,23)(H2,19,20,21);1H. The first kappa shape index (κ1) is 22.2. The second-order valence-electron chi connectivity index (χ2n) is 6.17. The van der Waals surface area contributed by atoms with Gasteiger partial charge in [-0.3, -0.25) is 9.79 Å². The molecule has 1 saturated carbocycles. The number of halogens is 1. The van der Waals surface area contributed by atoms with Crippen LogP contribution in [-0.2, 0) is 11.2 Å². The van der Waals surface area contributed by atoms with E-state index in [1.807, 2.05) is 6.92 Å². The highest BCUT2D eigenvalue weighted by Crippen LogP contribution is 2.17. The monoisotopic (exact) mass is 478 g/mol. The SMILES string of the molecule is CCNC(=NCCc1cccs1)NCCC(=O)NC1CCCCC1.I. The summed E-state index contributed by atoms with van der Waals surface area (Å²) in [5, 5.41) is 11.7. The molecule has 1 aromatic heterocycles. The zero-order valence-corrected chi connectivity index (χ0v) is 18.2. The fraction of sp³-hybridized carbons (Fsp3) is 0.667. The van der Waals surface area contributed by atoms with Crippen molar-refractivity contribution in [1.82, 2.24) is 16.0 Å². The molecule has 3 N–H and O–H groups in total. The lowest BCUT2D eigenvalue weighted by atomic mass is 9.95. The first-order valence-electron chi connectivity index (χ1n) is 9.12. The van der Waals surface area contributed by atoms with Gasteiger partial charge in [0.15, 0.2) is 5.96 Å². The van der Waals surface area contributed by atoms with Crippen LogP contribution in [0.15, 0.2) is 22.5 Å². The Labute approximate surface area is 172 Å². The van der Waals surface area contributed by atoms with Gasteiger partial charge in [0, 0.05) is 43.4 Å². The molecule has 1 aliphatic carbocycles. The van der Waals surface area contributed by atoms with Crippen molar-refractivity contribution < 1.29 is 4.79 Å². The summed E-state index contributed by atoms with van der Waals surface area (Å²) in [6.07, 6.45) is 7.50. The molecule has 0 atom stereocenters. The molecule has 0 bridgehead atoms. The molecule has 5 nitrogen and oxygen atoms in total. The maximum atomic E-state index is 12.0. The first-order chi connectivity index (χ1) is 11.8. The van der Waals surface area contributed by atoms with Crippen molar-refractivity contribution in [2.75, 3.05) is 19.6 Å². The number of rotatable bonds is 8. The lowest BCUT2D eigenvalue weighted by Crippen LogP contribution is -2.41. The number of carbonyl (C=O) groups is 1. The molecule has 1 fully saturated rings. The van der Waals surface area contributed by atoms with Crippen molar-refractivity contribution in [3.8, 4) is 0 Å². The summed E-state index contributed by atoms with van der Waals surface area (Å²) in [6.45, 7) is 4.23. The van der Waals surface area contributed by atoms with Crippen LogP contribution >= 0.6 is 35.3 Å². The van der Waals surface area contributed by atoms with E-state index in [-0.39, 0.29) is 29.9 Å². The number of aliphatic imine (C=N–C) groups is 1. The van der Waals surface area contributed by atoms with E-state index in [1.54, 1.807) is 11.3 Å². The molecule has 0 spiro atoms. The average Bonchev–Trinajstić information content (AvgIpc) is 3.09. The molecule has 7 heteroatoms. The van der Waals surface area contributed by atoms with Gasteiger partial charge in [-0.05, 0) is 31.2 Å². The summed E-state index contributed by atoms with van der Waals surface area (Å²) in [5.41, 5.74) is 0. The molecular formula is C18H31IN4OS. The van der Waals surface area contributed by atoms with Gasteiger partial charge < -0.3 is 16.0 Å². The molecular weight excluding hydrogens is 447 g/mol. The van der Waals surface area contributed by atoms with Gasteiger partial charge in [-0.1, -0.05) is 25.3 Å². The largest absolute Gasteiger partial charge is 0.357 e. The molecule has 0 radical (unpaired) electrons. The Kier molecular flexibility index (Phi) is 11.9. The van der Waals surface area contributed by atoms with Gasteiger partial charge in [-0.25, -0.2) is 0 Å². The van der Waals surface area contributed by atoms with Crippen molar-refractivity contribution in [2.24, 2.45) is 4.99 Å². The van der Waals surface area contributed by atoms with Crippen molar-refractivity contribution in [3.63, 3.8) is 0 Å². The minimum Gasteiger partial charge on any atom is -0.357 e. The number of guanidine groups is 1. The third-order valence-corrected chi connectivity index (χ3v) is 5.10. The van der Waals surface area contributed by atoms with Crippen LogP contribution in [0.1, 0.15) is 50.3 Å². The number of amides is 1. The van der Waals surface area contributed by atoms with E-state index >= 15 is 0 Å². The number of hydrogen-bond donors (Lipinski definition) is 3. The van der Waals surface area contributed by atoms with Gasteiger partial charge in [0.2, 0.25) is 5.91 Å². The van der Waals surface area contributed by atoms with Crippen LogP contribution < -0.4 is 16.0 Å².